The van der Waals surface area contributed by atoms with Gasteiger partial charge in [-0.3, -0.25) is 9.59 Å². The van der Waals surface area contributed by atoms with E-state index in [1.807, 2.05) is 6.07 Å². The first-order valence-corrected chi connectivity index (χ1v) is 6.24. The summed E-state index contributed by atoms with van der Waals surface area (Å²) in [7, 11) is 0. The first-order valence-electron chi connectivity index (χ1n) is 6.24. The molecule has 1 atom stereocenters. The van der Waals surface area contributed by atoms with Gasteiger partial charge < -0.3 is 20.7 Å². The van der Waals surface area contributed by atoms with Gasteiger partial charge in [-0.2, -0.15) is 0 Å². The maximum absolute atomic E-state index is 11.9. The van der Waals surface area contributed by atoms with Gasteiger partial charge in [0.05, 0.1) is 5.69 Å². The summed E-state index contributed by atoms with van der Waals surface area (Å²) in [5.74, 6) is 0.718. The van der Waals surface area contributed by atoms with Crippen molar-refractivity contribution in [3.05, 3.63) is 18.2 Å². The van der Waals surface area contributed by atoms with E-state index in [2.05, 4.69) is 5.32 Å². The zero-order chi connectivity index (χ0) is 13.4. The normalized spacial score (nSPS) is 21.9. The molecule has 0 unspecified atom stereocenters. The van der Waals surface area contributed by atoms with Gasteiger partial charge in [-0.1, -0.05) is 0 Å². The Morgan fingerprint density at radius 3 is 3.00 bits per heavy atom. The highest BCUT2D eigenvalue weighted by Gasteiger charge is 2.30. The number of carbonyl (C=O) groups excluding carboxylic acids is 2. The Hall–Kier alpha value is -2.08. The van der Waals surface area contributed by atoms with Crippen molar-refractivity contribution in [3.63, 3.8) is 0 Å². The van der Waals surface area contributed by atoms with E-state index in [9.17, 15) is 9.59 Å². The second-order valence-corrected chi connectivity index (χ2v) is 4.83. The zero-order valence-corrected chi connectivity index (χ0v) is 10.4. The van der Waals surface area contributed by atoms with Gasteiger partial charge in [0.1, 0.15) is 5.75 Å². The highest BCUT2D eigenvalue weighted by Crippen LogP contribution is 2.34. The fourth-order valence-corrected chi connectivity index (χ4v) is 2.43. The van der Waals surface area contributed by atoms with Crippen molar-refractivity contribution in [2.75, 3.05) is 29.9 Å². The number of nitrogens with two attached hydrogens (primary N) is 1. The second kappa shape index (κ2) is 4.55. The number of fused-ring (bicyclic) bond motifs is 1. The first kappa shape index (κ1) is 12.0. The molecule has 100 valence electrons. The van der Waals surface area contributed by atoms with Gasteiger partial charge in [-0.05, 0) is 30.7 Å². The van der Waals surface area contributed by atoms with Gasteiger partial charge in [-0.25, -0.2) is 0 Å². The van der Waals surface area contributed by atoms with Gasteiger partial charge in [-0.15, -0.1) is 0 Å². The summed E-state index contributed by atoms with van der Waals surface area (Å²) < 4.78 is 5.29. The minimum Gasteiger partial charge on any atom is -0.482 e. The van der Waals surface area contributed by atoms with Crippen molar-refractivity contribution < 1.29 is 14.3 Å². The van der Waals surface area contributed by atoms with Crippen LogP contribution in [0.1, 0.15) is 6.42 Å². The smallest absolute Gasteiger partial charge is 0.262 e. The van der Waals surface area contributed by atoms with E-state index in [0.717, 1.165) is 5.69 Å². The summed E-state index contributed by atoms with van der Waals surface area (Å²) >= 11 is 0. The van der Waals surface area contributed by atoms with Crippen molar-refractivity contribution in [3.8, 4) is 5.75 Å². The number of benzene rings is 1. The number of hydrogen-bond donors (Lipinski definition) is 2. The standard InChI is InChI=1S/C13H15N3O3/c14-5-8-3-13(18)16(6-8)9-1-2-11-10(4-9)15-12(17)7-19-11/h1-2,4,8H,3,5-7,14H2,(H,15,17)/t8-/m1/s1. The summed E-state index contributed by atoms with van der Waals surface area (Å²) in [5, 5.41) is 2.74. The van der Waals surface area contributed by atoms with Gasteiger partial charge in [0.25, 0.3) is 5.91 Å². The van der Waals surface area contributed by atoms with Crippen LogP contribution in [-0.4, -0.2) is 31.5 Å². The summed E-state index contributed by atoms with van der Waals surface area (Å²) in [6.45, 7) is 1.17. The van der Waals surface area contributed by atoms with Gasteiger partial charge in [0, 0.05) is 18.7 Å². The number of nitrogens with one attached hydrogen (secondary N) is 1. The Kier molecular flexibility index (Phi) is 2.87. The fourth-order valence-electron chi connectivity index (χ4n) is 2.43. The molecule has 6 heteroatoms. The lowest BCUT2D eigenvalue weighted by atomic mass is 10.1. The van der Waals surface area contributed by atoms with E-state index >= 15 is 0 Å². The number of nitrogens with zero attached hydrogens (tertiary/aromatic N) is 1. The molecule has 1 saturated heterocycles. The molecule has 0 aliphatic carbocycles. The van der Waals surface area contributed by atoms with E-state index in [4.69, 9.17) is 10.5 Å². The lowest BCUT2D eigenvalue weighted by Crippen LogP contribution is -2.28. The largest absolute Gasteiger partial charge is 0.482 e. The van der Waals surface area contributed by atoms with Crippen LogP contribution in [0.3, 0.4) is 0 Å². The monoisotopic (exact) mass is 261 g/mol. The van der Waals surface area contributed by atoms with Crippen LogP contribution < -0.4 is 20.7 Å². The number of rotatable bonds is 2. The van der Waals surface area contributed by atoms with E-state index in [1.54, 1.807) is 17.0 Å². The van der Waals surface area contributed by atoms with Crippen LogP contribution in [0.2, 0.25) is 0 Å². The Bertz CT molecular complexity index is 544. The van der Waals surface area contributed by atoms with E-state index < -0.39 is 0 Å². The molecule has 0 aromatic heterocycles. The molecule has 1 aromatic carbocycles. The second-order valence-electron chi connectivity index (χ2n) is 4.83. The molecule has 19 heavy (non-hydrogen) atoms. The number of ether oxygens (including phenoxy) is 1. The number of amides is 2. The Balaban J connectivity index is 1.88. The average Bonchev–Trinajstić information content (AvgIpc) is 2.79. The molecule has 2 amide bonds. The van der Waals surface area contributed by atoms with E-state index in [1.165, 1.54) is 0 Å². The van der Waals surface area contributed by atoms with Gasteiger partial charge in [0.15, 0.2) is 6.61 Å². The van der Waals surface area contributed by atoms with Crippen LogP contribution in [-0.2, 0) is 9.59 Å². The summed E-state index contributed by atoms with van der Waals surface area (Å²) in [5.41, 5.74) is 6.99. The lowest BCUT2D eigenvalue weighted by molar-refractivity contribution is -0.118. The molecule has 3 rings (SSSR count). The molecule has 3 N–H and O–H groups in total. The molecular formula is C13H15N3O3. The van der Waals surface area contributed by atoms with Crippen LogP contribution >= 0.6 is 0 Å². The zero-order valence-electron chi connectivity index (χ0n) is 10.4. The lowest BCUT2D eigenvalue weighted by Gasteiger charge is -2.22. The molecule has 0 bridgehead atoms. The van der Waals surface area contributed by atoms with E-state index in [-0.39, 0.29) is 24.3 Å². The third-order valence-corrected chi connectivity index (χ3v) is 3.45. The topological polar surface area (TPSA) is 84.7 Å². The van der Waals surface area contributed by atoms with Gasteiger partial charge in [0.2, 0.25) is 5.91 Å². The number of hydrogen-bond acceptors (Lipinski definition) is 4. The van der Waals surface area contributed by atoms with E-state index in [0.29, 0.717) is 30.9 Å². The highest BCUT2D eigenvalue weighted by atomic mass is 16.5. The third-order valence-electron chi connectivity index (χ3n) is 3.45. The van der Waals surface area contributed by atoms with Crippen molar-refractivity contribution in [2.24, 2.45) is 11.7 Å². The molecule has 0 spiro atoms. The average molecular weight is 261 g/mol. The Labute approximate surface area is 110 Å². The molecule has 2 aliphatic rings. The minimum atomic E-state index is -0.183. The molecular weight excluding hydrogens is 246 g/mol. The van der Waals surface area contributed by atoms with Crippen LogP contribution in [0.15, 0.2) is 18.2 Å². The SMILES string of the molecule is NC[C@H]1CC(=O)N(c2ccc3c(c2)NC(=O)CO3)C1. The number of anilines is 2. The Morgan fingerprint density at radius 1 is 1.42 bits per heavy atom. The minimum absolute atomic E-state index is 0.0320. The Morgan fingerprint density at radius 2 is 2.26 bits per heavy atom. The van der Waals surface area contributed by atoms with Crippen LogP contribution in [0.5, 0.6) is 5.75 Å². The predicted octanol–water partition coefficient (Wildman–Crippen LogP) is 0.329. The quantitative estimate of drug-likeness (QED) is 0.803. The molecule has 6 nitrogen and oxygen atoms in total. The van der Waals surface area contributed by atoms with Crippen molar-refractivity contribution in [1.82, 2.24) is 0 Å². The van der Waals surface area contributed by atoms with Gasteiger partial charge >= 0.3 is 0 Å². The van der Waals surface area contributed by atoms with Crippen LogP contribution in [0, 0.1) is 5.92 Å². The van der Waals surface area contributed by atoms with Crippen LogP contribution in [0.25, 0.3) is 0 Å². The van der Waals surface area contributed by atoms with Crippen LogP contribution in [0.4, 0.5) is 11.4 Å². The molecule has 0 saturated carbocycles. The molecule has 2 heterocycles. The first-order chi connectivity index (χ1) is 9.17. The maximum Gasteiger partial charge on any atom is 0.262 e. The maximum atomic E-state index is 11.9. The predicted molar refractivity (Wildman–Crippen MR) is 70.1 cm³/mol. The van der Waals surface area contributed by atoms with Crippen molar-refractivity contribution in [1.29, 1.82) is 0 Å². The molecule has 1 fully saturated rings. The summed E-state index contributed by atoms with van der Waals surface area (Å²) in [4.78, 5) is 24.9. The number of carbonyl (C=O) groups is 2. The highest BCUT2D eigenvalue weighted by molar-refractivity contribution is 5.99. The molecule has 1 aromatic rings. The fraction of sp³-hybridized carbons (Fsp3) is 0.385. The molecule has 0 radical (unpaired) electrons. The summed E-state index contributed by atoms with van der Waals surface area (Å²) in [6, 6.07) is 5.36. The third kappa shape index (κ3) is 2.15. The molecule has 2 aliphatic heterocycles. The summed E-state index contributed by atoms with van der Waals surface area (Å²) in [6.07, 6.45) is 0.483. The van der Waals surface area contributed by atoms with Crippen molar-refractivity contribution >= 4 is 23.2 Å². The van der Waals surface area contributed by atoms with Crippen molar-refractivity contribution in [2.45, 2.75) is 6.42 Å².